The summed E-state index contributed by atoms with van der Waals surface area (Å²) < 4.78 is 53.4. The van der Waals surface area contributed by atoms with Crippen LogP contribution in [-0.4, -0.2) is 62.8 Å². The van der Waals surface area contributed by atoms with Crippen molar-refractivity contribution < 1.29 is 21.6 Å². The van der Waals surface area contributed by atoms with Crippen LogP contribution in [0.1, 0.15) is 73.3 Å². The second-order valence-corrected chi connectivity index (χ2v) is 18.2. The molecule has 7 rings (SSSR count). The highest BCUT2D eigenvalue weighted by molar-refractivity contribution is 7.91. The van der Waals surface area contributed by atoms with Gasteiger partial charge >= 0.3 is 0 Å². The molecule has 3 heterocycles. The second kappa shape index (κ2) is 10.9. The third-order valence-corrected chi connectivity index (χ3v) is 14.4. The molecule has 4 aliphatic rings. The van der Waals surface area contributed by atoms with Crippen LogP contribution in [0.4, 0.5) is 0 Å². The summed E-state index contributed by atoms with van der Waals surface area (Å²) in [5.41, 5.74) is 0.591. The lowest BCUT2D eigenvalue weighted by molar-refractivity contribution is 0.000299. The molecule has 1 amide bonds. The number of nitriles is 1. The second-order valence-electron chi connectivity index (χ2n) is 13.3. The Balaban J connectivity index is 1.23. The number of benzene rings is 2. The van der Waals surface area contributed by atoms with E-state index in [0.717, 1.165) is 40.8 Å². The molecule has 3 aromatic rings. The maximum Gasteiger partial charge on any atom is 0.282 e. The van der Waals surface area contributed by atoms with Gasteiger partial charge in [0.1, 0.15) is 15.4 Å². The predicted molar refractivity (Wildman–Crippen MR) is 169 cm³/mol. The summed E-state index contributed by atoms with van der Waals surface area (Å²) in [5.74, 6) is 0.741. The number of rotatable bonds is 7. The maximum absolute atomic E-state index is 13.7. The Kier molecular flexibility index (Phi) is 7.39. The van der Waals surface area contributed by atoms with Gasteiger partial charge in [0, 0.05) is 29.5 Å². The summed E-state index contributed by atoms with van der Waals surface area (Å²) in [6, 6.07) is 12.9. The zero-order valence-electron chi connectivity index (χ0n) is 24.5. The minimum atomic E-state index is -3.95. The van der Waals surface area contributed by atoms with Gasteiger partial charge in [-0.05, 0) is 49.5 Å². The number of fused-ring (bicyclic) bond motifs is 1. The van der Waals surface area contributed by atoms with E-state index < -0.39 is 25.4 Å². The van der Waals surface area contributed by atoms with Gasteiger partial charge in [-0.25, -0.2) is 21.8 Å². The molecular formula is C32H36N4O5S3. The smallest absolute Gasteiger partial charge is 0.282 e. The number of hydrogen-bond donors (Lipinski definition) is 1. The third-order valence-electron chi connectivity index (χ3n) is 10.0. The summed E-state index contributed by atoms with van der Waals surface area (Å²) >= 11 is 1.37. The lowest BCUT2D eigenvalue weighted by atomic mass is 9.75. The molecule has 2 aromatic carbocycles. The Morgan fingerprint density at radius 1 is 1.02 bits per heavy atom. The maximum atomic E-state index is 13.7. The highest BCUT2D eigenvalue weighted by atomic mass is 32.2. The van der Waals surface area contributed by atoms with E-state index in [1.165, 1.54) is 30.6 Å². The van der Waals surface area contributed by atoms with Gasteiger partial charge in [-0.3, -0.25) is 4.79 Å². The van der Waals surface area contributed by atoms with Gasteiger partial charge < -0.3 is 4.90 Å². The number of sulfonamides is 1. The fourth-order valence-corrected chi connectivity index (χ4v) is 11.5. The number of nitrogens with one attached hydrogen (secondary N) is 1. The number of nitrogens with zero attached hydrogens (tertiary/aromatic N) is 3. The summed E-state index contributed by atoms with van der Waals surface area (Å²) in [7, 11) is -6.92. The fraction of sp³-hybridized carbons (Fsp3) is 0.531. The van der Waals surface area contributed by atoms with Crippen LogP contribution in [0.25, 0.3) is 21.2 Å². The van der Waals surface area contributed by atoms with Gasteiger partial charge in [0.2, 0.25) is 10.0 Å². The van der Waals surface area contributed by atoms with Gasteiger partial charge in [-0.1, -0.05) is 62.4 Å². The van der Waals surface area contributed by atoms with Crippen molar-refractivity contribution in [1.29, 1.82) is 5.26 Å². The molecule has 0 atom stereocenters. The molecule has 2 saturated heterocycles. The molecule has 0 bridgehead atoms. The number of hydrogen-bond acceptors (Lipinski definition) is 8. The van der Waals surface area contributed by atoms with Crippen molar-refractivity contribution >= 4 is 47.9 Å². The largest absolute Gasteiger partial charge is 0.335 e. The van der Waals surface area contributed by atoms with Crippen molar-refractivity contribution in [3.8, 4) is 16.5 Å². The van der Waals surface area contributed by atoms with Gasteiger partial charge in [0.15, 0.2) is 5.01 Å². The molecule has 1 spiro atoms. The van der Waals surface area contributed by atoms with Crippen LogP contribution in [0.2, 0.25) is 0 Å². The van der Waals surface area contributed by atoms with Crippen LogP contribution < -0.4 is 4.72 Å². The number of carbonyl (C=O) groups excluding carboxylic acids is 1. The average Bonchev–Trinajstić information content (AvgIpc) is 3.64. The Bertz CT molecular complexity index is 1880. The first-order valence-electron chi connectivity index (χ1n) is 15.5. The number of sulfone groups is 1. The van der Waals surface area contributed by atoms with Gasteiger partial charge in [0.25, 0.3) is 5.91 Å². The number of likely N-dealkylation sites (tertiary alicyclic amines) is 1. The molecule has 2 aliphatic carbocycles. The molecule has 9 nitrogen and oxygen atoms in total. The minimum absolute atomic E-state index is 0.109. The number of carbonyl (C=O) groups is 1. The van der Waals surface area contributed by atoms with Crippen molar-refractivity contribution in [2.45, 2.75) is 74.6 Å². The zero-order chi connectivity index (χ0) is 30.7. The highest BCUT2D eigenvalue weighted by Crippen LogP contribution is 2.44. The van der Waals surface area contributed by atoms with E-state index in [1.807, 2.05) is 24.3 Å². The lowest BCUT2D eigenvalue weighted by Crippen LogP contribution is -2.60. The van der Waals surface area contributed by atoms with E-state index in [9.17, 15) is 26.9 Å². The topological polar surface area (TPSA) is 137 Å². The Morgan fingerprint density at radius 2 is 1.70 bits per heavy atom. The normalized spacial score (nSPS) is 22.4. The summed E-state index contributed by atoms with van der Waals surface area (Å²) in [6.45, 7) is 1.11. The molecule has 4 fully saturated rings. The molecule has 2 aliphatic heterocycles. The quantitative estimate of drug-likeness (QED) is 0.376. The Labute approximate surface area is 262 Å². The fourth-order valence-electron chi connectivity index (χ4n) is 7.16. The van der Waals surface area contributed by atoms with E-state index in [-0.39, 0.29) is 27.7 Å². The molecule has 0 unspecified atom stereocenters. The molecule has 1 N–H and O–H groups in total. The van der Waals surface area contributed by atoms with Crippen LogP contribution in [0, 0.1) is 22.7 Å². The molecular weight excluding hydrogens is 617 g/mol. The number of amides is 1. The highest BCUT2D eigenvalue weighted by Gasteiger charge is 2.49. The van der Waals surface area contributed by atoms with Gasteiger partial charge in [-0.2, -0.15) is 9.98 Å². The van der Waals surface area contributed by atoms with Crippen LogP contribution in [0.15, 0.2) is 41.3 Å². The van der Waals surface area contributed by atoms with E-state index in [4.69, 9.17) is 4.98 Å². The average molecular weight is 653 g/mol. The lowest BCUT2D eigenvalue weighted by Gasteiger charge is -2.51. The first kappa shape index (κ1) is 29.8. The molecule has 12 heteroatoms. The van der Waals surface area contributed by atoms with Crippen LogP contribution in [-0.2, 0) is 26.3 Å². The van der Waals surface area contributed by atoms with Crippen LogP contribution in [0.3, 0.4) is 0 Å². The zero-order valence-corrected chi connectivity index (χ0v) is 27.0. The van der Waals surface area contributed by atoms with Gasteiger partial charge in [0.05, 0.1) is 33.0 Å². The van der Waals surface area contributed by atoms with E-state index in [1.54, 1.807) is 17.0 Å². The standard InChI is InChI=1S/C32H36N4O5S3/c33-19-32(12-13-32)35-44(40,41)27-11-10-25(23-8-4-5-9-24(23)27)28-26(18-22-6-2-1-3-7-22)34-29(42-28)30(37)36-20-31(21-36)14-16-43(38,39)17-15-31/h4-5,8-11,22,35H,1-3,6-7,12-18,20-21H2. The SMILES string of the molecule is N#CC1(NS(=O)(=O)c2ccc(-c3sc(C(=O)N4CC5(CCS(=O)(=O)CC5)C4)nc3CC3CCCCC3)c3ccccc23)CC1. The molecule has 1 aromatic heterocycles. The van der Waals surface area contributed by atoms with E-state index in [2.05, 4.69) is 10.8 Å². The van der Waals surface area contributed by atoms with Crippen molar-refractivity contribution in [3.05, 3.63) is 47.1 Å². The van der Waals surface area contributed by atoms with Crippen LogP contribution >= 0.6 is 11.3 Å². The predicted octanol–water partition coefficient (Wildman–Crippen LogP) is 5.07. The first-order valence-corrected chi connectivity index (χ1v) is 19.6. The molecule has 232 valence electrons. The third kappa shape index (κ3) is 5.57. The van der Waals surface area contributed by atoms with Crippen molar-refractivity contribution in [2.24, 2.45) is 11.3 Å². The monoisotopic (exact) mass is 652 g/mol. The molecule has 44 heavy (non-hydrogen) atoms. The van der Waals surface area contributed by atoms with Crippen molar-refractivity contribution in [3.63, 3.8) is 0 Å². The number of thiazole rings is 1. The summed E-state index contributed by atoms with van der Waals surface area (Å²) in [4.78, 5) is 21.5. The first-order chi connectivity index (χ1) is 21.0. The summed E-state index contributed by atoms with van der Waals surface area (Å²) in [6.07, 6.45) is 8.83. The Morgan fingerprint density at radius 3 is 2.36 bits per heavy atom. The van der Waals surface area contributed by atoms with E-state index in [0.29, 0.717) is 55.1 Å². The number of aromatic nitrogens is 1. The van der Waals surface area contributed by atoms with Gasteiger partial charge in [-0.15, -0.1) is 11.3 Å². The molecule has 0 radical (unpaired) electrons. The molecule has 2 saturated carbocycles. The van der Waals surface area contributed by atoms with E-state index >= 15 is 0 Å². The van der Waals surface area contributed by atoms with Crippen LogP contribution in [0.5, 0.6) is 0 Å². The van der Waals surface area contributed by atoms with Crippen molar-refractivity contribution in [1.82, 2.24) is 14.6 Å². The minimum Gasteiger partial charge on any atom is -0.335 e. The Hall–Kier alpha value is -2.85. The summed E-state index contributed by atoms with van der Waals surface area (Å²) in [5, 5.41) is 11.3. The van der Waals surface area contributed by atoms with Crippen molar-refractivity contribution in [2.75, 3.05) is 24.6 Å².